The minimum absolute atomic E-state index is 0.178. The summed E-state index contributed by atoms with van der Waals surface area (Å²) in [6, 6.07) is 6.13. The quantitative estimate of drug-likeness (QED) is 0.663. The number of carbonyl (C=O) groups is 1. The number of carbonyl (C=O) groups excluding carboxylic acids is 1. The molecule has 23 heavy (non-hydrogen) atoms. The van der Waals surface area contributed by atoms with Crippen molar-refractivity contribution in [3.8, 4) is 0 Å². The standard InChI is InChI=1S/C8H10N2OS.C7H8O3S/c11-8-2-1-7(9-8)5-10-3-4-12-6-10;1-6-2-4-7(5-3-6)11(8,9)10/h3-4,6-7H,1-2,5H2;2-5H,1H3,(H,8,9,10)/t7-;/m0./s1. The number of nitrogens with zero attached hydrogens (tertiary/aromatic N) is 1. The van der Waals surface area contributed by atoms with Gasteiger partial charge in [0, 0.05) is 6.42 Å². The molecule has 1 fully saturated rings. The van der Waals surface area contributed by atoms with Crippen molar-refractivity contribution in [1.82, 2.24) is 5.32 Å². The molecule has 0 saturated carbocycles. The zero-order valence-corrected chi connectivity index (χ0v) is 14.3. The first-order valence-corrected chi connectivity index (χ1v) is 9.43. The zero-order valence-electron chi connectivity index (χ0n) is 12.6. The third-order valence-electron chi connectivity index (χ3n) is 3.35. The van der Waals surface area contributed by atoms with Gasteiger partial charge >= 0.3 is 0 Å². The highest BCUT2D eigenvalue weighted by atomic mass is 32.2. The molecule has 2 aromatic rings. The van der Waals surface area contributed by atoms with E-state index in [1.807, 2.05) is 18.5 Å². The molecule has 8 heteroatoms. The molecule has 124 valence electrons. The summed E-state index contributed by atoms with van der Waals surface area (Å²) in [6.45, 7) is 2.73. The van der Waals surface area contributed by atoms with Crippen LogP contribution in [0.2, 0.25) is 0 Å². The van der Waals surface area contributed by atoms with Crippen LogP contribution in [0.3, 0.4) is 0 Å². The van der Waals surface area contributed by atoms with E-state index in [2.05, 4.69) is 15.4 Å². The molecule has 1 aromatic heterocycles. The van der Waals surface area contributed by atoms with Gasteiger partial charge in [-0.2, -0.15) is 4.57 Å². The first kappa shape index (κ1) is 17.6. The van der Waals surface area contributed by atoms with Crippen LogP contribution in [0, 0.1) is 6.92 Å². The van der Waals surface area contributed by atoms with Gasteiger partial charge < -0.3 is 9.87 Å². The Morgan fingerprint density at radius 1 is 1.35 bits per heavy atom. The van der Waals surface area contributed by atoms with Gasteiger partial charge in [-0.1, -0.05) is 29.0 Å². The number of benzene rings is 1. The Balaban J connectivity index is 0.000000168. The predicted octanol–water partition coefficient (Wildman–Crippen LogP) is 1.21. The van der Waals surface area contributed by atoms with Crippen molar-refractivity contribution in [3.63, 3.8) is 0 Å². The molecule has 1 atom stereocenters. The van der Waals surface area contributed by atoms with Crippen molar-refractivity contribution in [2.24, 2.45) is 0 Å². The highest BCUT2D eigenvalue weighted by Gasteiger charge is 2.23. The van der Waals surface area contributed by atoms with Crippen molar-refractivity contribution in [2.45, 2.75) is 37.2 Å². The topological polar surface area (TPSA) is 90.2 Å². The molecule has 1 aliphatic rings. The number of thiazole rings is 1. The molecule has 0 aliphatic carbocycles. The van der Waals surface area contributed by atoms with Crippen LogP contribution < -0.4 is 9.88 Å². The van der Waals surface area contributed by atoms with Crippen molar-refractivity contribution >= 4 is 27.4 Å². The summed E-state index contributed by atoms with van der Waals surface area (Å²) in [5, 5.41) is 4.98. The maximum absolute atomic E-state index is 10.9. The largest absolute Gasteiger partial charge is 0.744 e. The second-order valence-corrected chi connectivity index (χ2v) is 7.43. The van der Waals surface area contributed by atoms with Gasteiger partial charge in [0.1, 0.15) is 10.1 Å². The monoisotopic (exact) mass is 354 g/mol. The van der Waals surface area contributed by atoms with Crippen LogP contribution in [0.5, 0.6) is 0 Å². The summed E-state index contributed by atoms with van der Waals surface area (Å²) < 4.78 is 33.3. The lowest BCUT2D eigenvalue weighted by Crippen LogP contribution is -2.42. The number of aromatic nitrogens is 1. The first-order chi connectivity index (χ1) is 10.8. The van der Waals surface area contributed by atoms with Gasteiger partial charge in [-0.05, 0) is 25.5 Å². The molecule has 1 aliphatic heterocycles. The van der Waals surface area contributed by atoms with E-state index in [4.69, 9.17) is 0 Å². The predicted molar refractivity (Wildman–Crippen MR) is 84.8 cm³/mol. The fourth-order valence-corrected chi connectivity index (χ4v) is 3.22. The van der Waals surface area contributed by atoms with E-state index in [-0.39, 0.29) is 10.8 Å². The highest BCUT2D eigenvalue weighted by molar-refractivity contribution is 7.85. The van der Waals surface area contributed by atoms with E-state index in [0.29, 0.717) is 12.5 Å². The number of hydrogen-bond acceptors (Lipinski definition) is 5. The van der Waals surface area contributed by atoms with E-state index in [9.17, 15) is 17.8 Å². The van der Waals surface area contributed by atoms with Crippen LogP contribution in [0.4, 0.5) is 0 Å². The van der Waals surface area contributed by atoms with E-state index < -0.39 is 10.1 Å². The lowest BCUT2D eigenvalue weighted by atomic mass is 10.2. The second kappa shape index (κ2) is 7.67. The molecule has 0 unspecified atom stereocenters. The molecule has 0 spiro atoms. The number of nitrogens with one attached hydrogen (secondary N) is 1. The van der Waals surface area contributed by atoms with Crippen LogP contribution in [-0.4, -0.2) is 24.9 Å². The first-order valence-electron chi connectivity index (χ1n) is 7.08. The number of amides is 1. The van der Waals surface area contributed by atoms with Crippen LogP contribution in [0.25, 0.3) is 0 Å². The van der Waals surface area contributed by atoms with E-state index >= 15 is 0 Å². The van der Waals surface area contributed by atoms with Crippen molar-refractivity contribution in [2.75, 3.05) is 0 Å². The Bertz CT molecular complexity index is 740. The fraction of sp³-hybridized carbons (Fsp3) is 0.333. The summed E-state index contributed by atoms with van der Waals surface area (Å²) in [6.07, 6.45) is 3.70. The summed E-state index contributed by atoms with van der Waals surface area (Å²) in [5.41, 5.74) is 2.99. The maximum Gasteiger partial charge on any atom is 0.224 e. The Morgan fingerprint density at radius 2 is 2.04 bits per heavy atom. The average Bonchev–Trinajstić information content (AvgIpc) is 3.11. The normalized spacial score (nSPS) is 17.3. The van der Waals surface area contributed by atoms with Crippen molar-refractivity contribution < 1.29 is 22.3 Å². The molecule has 1 aromatic carbocycles. The highest BCUT2D eigenvalue weighted by Crippen LogP contribution is 2.08. The lowest BCUT2D eigenvalue weighted by molar-refractivity contribution is -0.694. The van der Waals surface area contributed by atoms with Crippen LogP contribution in [0.1, 0.15) is 18.4 Å². The smallest absolute Gasteiger partial charge is 0.224 e. The van der Waals surface area contributed by atoms with Gasteiger partial charge in [0.2, 0.25) is 11.4 Å². The minimum atomic E-state index is -4.27. The van der Waals surface area contributed by atoms with Crippen molar-refractivity contribution in [3.05, 3.63) is 46.9 Å². The van der Waals surface area contributed by atoms with Gasteiger partial charge in [0.25, 0.3) is 0 Å². The third-order valence-corrected chi connectivity index (χ3v) is 4.87. The van der Waals surface area contributed by atoms with Crippen molar-refractivity contribution in [1.29, 1.82) is 0 Å². The second-order valence-electron chi connectivity index (χ2n) is 5.29. The number of aryl methyl sites for hydroxylation is 1. The molecular weight excluding hydrogens is 336 g/mol. The zero-order chi connectivity index (χ0) is 16.9. The number of rotatable bonds is 3. The van der Waals surface area contributed by atoms with Crippen LogP contribution >= 0.6 is 11.3 Å². The molecule has 1 amide bonds. The van der Waals surface area contributed by atoms with E-state index in [0.717, 1.165) is 18.5 Å². The number of hydrogen-bond donors (Lipinski definition) is 1. The summed E-state index contributed by atoms with van der Waals surface area (Å²) in [7, 11) is -4.27. The summed E-state index contributed by atoms with van der Waals surface area (Å²) in [4.78, 5) is 10.7. The van der Waals surface area contributed by atoms with Crippen LogP contribution in [0.15, 0.2) is 46.2 Å². The Kier molecular flexibility index (Phi) is 5.86. The van der Waals surface area contributed by atoms with Gasteiger partial charge in [0.05, 0.1) is 16.3 Å². The van der Waals surface area contributed by atoms with E-state index in [1.165, 1.54) is 12.1 Å². The summed E-state index contributed by atoms with van der Waals surface area (Å²) in [5.74, 6) is 0.191. The van der Waals surface area contributed by atoms with E-state index in [1.54, 1.807) is 23.5 Å². The minimum Gasteiger partial charge on any atom is -0.744 e. The Morgan fingerprint density at radius 3 is 2.52 bits per heavy atom. The molecular formula is C15H18N2O4S2. The van der Waals surface area contributed by atoms with Gasteiger partial charge in [-0.25, -0.2) is 8.42 Å². The molecule has 3 rings (SSSR count). The Hall–Kier alpha value is -1.77. The molecule has 0 radical (unpaired) electrons. The molecule has 6 nitrogen and oxygen atoms in total. The fourth-order valence-electron chi connectivity index (χ4n) is 2.14. The average molecular weight is 354 g/mol. The summed E-state index contributed by atoms with van der Waals surface area (Å²) >= 11 is 1.67. The third kappa shape index (κ3) is 5.74. The molecule has 1 N–H and O–H groups in total. The molecule has 2 heterocycles. The van der Waals surface area contributed by atoms with Gasteiger partial charge in [-0.15, -0.1) is 0 Å². The van der Waals surface area contributed by atoms with Gasteiger partial charge in [0.15, 0.2) is 12.7 Å². The lowest BCUT2D eigenvalue weighted by Gasteiger charge is -2.05. The molecule has 1 saturated heterocycles. The van der Waals surface area contributed by atoms with Gasteiger partial charge in [-0.3, -0.25) is 4.79 Å². The molecule has 0 bridgehead atoms. The van der Waals surface area contributed by atoms with Crippen LogP contribution in [-0.2, 0) is 21.5 Å². The Labute approximate surface area is 139 Å². The maximum atomic E-state index is 10.9. The SMILES string of the molecule is Cc1ccc(S(=O)(=O)[O-])cc1.O=C1CC[C@@H](C[n+]2ccsc2)N1.